The first-order valence-corrected chi connectivity index (χ1v) is 12.5. The van der Waals surface area contributed by atoms with Crippen LogP contribution >= 0.6 is 0 Å². The van der Waals surface area contributed by atoms with Gasteiger partial charge in [-0.1, -0.05) is 12.1 Å². The van der Waals surface area contributed by atoms with Gasteiger partial charge in [-0.15, -0.1) is 0 Å². The van der Waals surface area contributed by atoms with E-state index in [0.29, 0.717) is 25.7 Å². The average Bonchev–Trinajstić information content (AvgIpc) is 2.90. The Hall–Kier alpha value is -3.62. The molecule has 1 aliphatic carbocycles. The second kappa shape index (κ2) is 11.8. The van der Waals surface area contributed by atoms with Crippen LogP contribution in [0.2, 0.25) is 0 Å². The molecule has 9 heteroatoms. The second-order valence-corrected chi connectivity index (χ2v) is 8.96. The summed E-state index contributed by atoms with van der Waals surface area (Å²) in [5.41, 5.74) is -0.234. The maximum absolute atomic E-state index is 14.8. The Morgan fingerprint density at radius 2 is 1.37 bits per heavy atom. The number of carbonyl (C=O) groups excluding carboxylic acids is 1. The fourth-order valence-corrected chi connectivity index (χ4v) is 4.71. The lowest BCUT2D eigenvalue weighted by atomic mass is 9.82. The minimum atomic E-state index is -1.19. The summed E-state index contributed by atoms with van der Waals surface area (Å²) in [5.74, 6) is -6.82. The first-order chi connectivity index (χ1) is 18.2. The van der Waals surface area contributed by atoms with Gasteiger partial charge < -0.3 is 14.2 Å². The molecule has 4 rings (SSSR count). The summed E-state index contributed by atoms with van der Waals surface area (Å²) in [5, 5.41) is 0. The Kier molecular flexibility index (Phi) is 8.54. The van der Waals surface area contributed by atoms with Gasteiger partial charge in [0, 0.05) is 5.56 Å². The zero-order chi connectivity index (χ0) is 27.4. The molecule has 3 aromatic carbocycles. The van der Waals surface area contributed by atoms with E-state index < -0.39 is 41.2 Å². The Morgan fingerprint density at radius 3 is 1.97 bits per heavy atom. The highest BCUT2D eigenvalue weighted by Gasteiger charge is 2.29. The molecule has 0 N–H and O–H groups in total. The van der Waals surface area contributed by atoms with Crippen LogP contribution in [0.5, 0.6) is 11.5 Å². The molecule has 0 atom stereocenters. The van der Waals surface area contributed by atoms with Crippen LogP contribution in [0, 0.1) is 29.1 Å². The first-order valence-electron chi connectivity index (χ1n) is 12.5. The minimum Gasteiger partial charge on any atom is -0.491 e. The van der Waals surface area contributed by atoms with Gasteiger partial charge in [0.15, 0.2) is 23.1 Å². The van der Waals surface area contributed by atoms with Crippen LogP contribution in [0.4, 0.5) is 22.0 Å². The van der Waals surface area contributed by atoms with Crippen LogP contribution in [0.1, 0.15) is 61.4 Å². The van der Waals surface area contributed by atoms with Crippen molar-refractivity contribution in [1.29, 1.82) is 0 Å². The van der Waals surface area contributed by atoms with Crippen LogP contribution in [-0.2, 0) is 4.74 Å². The number of esters is 1. The van der Waals surface area contributed by atoms with Crippen molar-refractivity contribution in [3.8, 4) is 22.6 Å². The molecule has 0 bridgehead atoms. The summed E-state index contributed by atoms with van der Waals surface area (Å²) in [6.07, 6.45) is 1.16. The monoisotopic (exact) mass is 534 g/mol. The molecule has 0 spiro atoms. The summed E-state index contributed by atoms with van der Waals surface area (Å²) in [6, 6.07) is 8.84. The minimum absolute atomic E-state index is 0.0450. The molecule has 202 valence electrons. The summed E-state index contributed by atoms with van der Waals surface area (Å²) in [6.45, 7) is 3.68. The first kappa shape index (κ1) is 27.4. The largest absolute Gasteiger partial charge is 0.491 e. The van der Waals surface area contributed by atoms with Crippen molar-refractivity contribution >= 4 is 5.97 Å². The second-order valence-electron chi connectivity index (χ2n) is 8.96. The molecular formula is C29H27F5O4. The van der Waals surface area contributed by atoms with Crippen LogP contribution in [0.25, 0.3) is 11.1 Å². The van der Waals surface area contributed by atoms with Crippen molar-refractivity contribution in [2.45, 2.75) is 51.6 Å². The molecule has 0 aliphatic heterocycles. The van der Waals surface area contributed by atoms with Gasteiger partial charge in [0.05, 0.1) is 18.8 Å². The molecule has 0 saturated heterocycles. The molecule has 1 fully saturated rings. The molecule has 0 aromatic heterocycles. The Bertz CT molecular complexity index is 1320. The summed E-state index contributed by atoms with van der Waals surface area (Å²) in [4.78, 5) is 12.6. The van der Waals surface area contributed by atoms with E-state index in [1.54, 1.807) is 13.8 Å². The average molecular weight is 535 g/mol. The molecule has 0 amide bonds. The number of hydrogen-bond acceptors (Lipinski definition) is 4. The zero-order valence-electron chi connectivity index (χ0n) is 21.0. The summed E-state index contributed by atoms with van der Waals surface area (Å²) < 4.78 is 87.9. The van der Waals surface area contributed by atoms with E-state index in [9.17, 15) is 26.7 Å². The zero-order valence-corrected chi connectivity index (χ0v) is 21.0. The van der Waals surface area contributed by atoms with Crippen LogP contribution < -0.4 is 9.47 Å². The van der Waals surface area contributed by atoms with Crippen molar-refractivity contribution < 1.29 is 41.0 Å². The molecule has 1 aliphatic rings. The van der Waals surface area contributed by atoms with Crippen LogP contribution in [0.15, 0.2) is 42.5 Å². The molecule has 1 saturated carbocycles. The third-order valence-electron chi connectivity index (χ3n) is 6.61. The highest BCUT2D eigenvalue weighted by molar-refractivity contribution is 5.90. The smallest absolute Gasteiger partial charge is 0.341 e. The highest BCUT2D eigenvalue weighted by atomic mass is 19.2. The lowest BCUT2D eigenvalue weighted by Crippen LogP contribution is -2.24. The number of carbonyl (C=O) groups is 1. The Balaban J connectivity index is 1.40. The normalized spacial score (nSPS) is 17.2. The number of hydrogen-bond donors (Lipinski definition) is 0. The van der Waals surface area contributed by atoms with Crippen molar-refractivity contribution in [3.63, 3.8) is 0 Å². The number of ether oxygens (including phenoxy) is 3. The quantitative estimate of drug-likeness (QED) is 0.219. The van der Waals surface area contributed by atoms with Gasteiger partial charge in [-0.3, -0.25) is 0 Å². The third kappa shape index (κ3) is 5.61. The molecular weight excluding hydrogens is 507 g/mol. The topological polar surface area (TPSA) is 44.8 Å². The van der Waals surface area contributed by atoms with Gasteiger partial charge >= 0.3 is 5.97 Å². The van der Waals surface area contributed by atoms with Gasteiger partial charge in [-0.25, -0.2) is 18.0 Å². The Labute approximate surface area is 217 Å². The van der Waals surface area contributed by atoms with Gasteiger partial charge in [0.2, 0.25) is 11.6 Å². The van der Waals surface area contributed by atoms with E-state index >= 15 is 0 Å². The standard InChI is InChI=1S/C29H27F5O4/c1-3-36-23-13-11-19(25(31)27(23)33)16-5-8-18(9-6-16)38-29(35)21-10-7-17(15-22(21)30)20-12-14-24(37-4-2)28(34)26(20)32/h7,10-16,18H,3-6,8-9H2,1-2H3. The number of halogens is 5. The lowest BCUT2D eigenvalue weighted by Gasteiger charge is -2.29. The fourth-order valence-electron chi connectivity index (χ4n) is 4.71. The molecule has 0 radical (unpaired) electrons. The highest BCUT2D eigenvalue weighted by Crippen LogP contribution is 2.38. The molecule has 3 aromatic rings. The van der Waals surface area contributed by atoms with Gasteiger partial charge in [-0.2, -0.15) is 8.78 Å². The summed E-state index contributed by atoms with van der Waals surface area (Å²) >= 11 is 0. The number of rotatable bonds is 8. The lowest BCUT2D eigenvalue weighted by molar-refractivity contribution is 0.0189. The number of benzene rings is 3. The maximum Gasteiger partial charge on any atom is 0.341 e. The predicted molar refractivity (Wildman–Crippen MR) is 131 cm³/mol. The van der Waals surface area contributed by atoms with E-state index in [0.717, 1.165) is 12.1 Å². The van der Waals surface area contributed by atoms with Gasteiger partial charge in [-0.05, 0) is 86.9 Å². The van der Waals surface area contributed by atoms with E-state index in [4.69, 9.17) is 14.2 Å². The summed E-state index contributed by atoms with van der Waals surface area (Å²) in [7, 11) is 0. The van der Waals surface area contributed by atoms with Crippen molar-refractivity contribution in [1.82, 2.24) is 0 Å². The van der Waals surface area contributed by atoms with E-state index in [2.05, 4.69) is 0 Å². The fraction of sp³-hybridized carbons (Fsp3) is 0.345. The molecule has 0 unspecified atom stereocenters. The van der Waals surface area contributed by atoms with E-state index in [-0.39, 0.29) is 52.9 Å². The van der Waals surface area contributed by atoms with Gasteiger partial charge in [0.1, 0.15) is 11.9 Å². The van der Waals surface area contributed by atoms with Crippen molar-refractivity contribution in [2.24, 2.45) is 0 Å². The van der Waals surface area contributed by atoms with Crippen molar-refractivity contribution in [3.05, 3.63) is 82.7 Å². The molecule has 0 heterocycles. The van der Waals surface area contributed by atoms with Crippen LogP contribution in [0.3, 0.4) is 0 Å². The van der Waals surface area contributed by atoms with Crippen molar-refractivity contribution in [2.75, 3.05) is 13.2 Å². The van der Waals surface area contributed by atoms with E-state index in [1.807, 2.05) is 0 Å². The predicted octanol–water partition coefficient (Wildman–Crippen LogP) is 7.73. The van der Waals surface area contributed by atoms with Crippen LogP contribution in [-0.4, -0.2) is 25.3 Å². The molecule has 38 heavy (non-hydrogen) atoms. The molecule has 4 nitrogen and oxygen atoms in total. The maximum atomic E-state index is 14.8. The third-order valence-corrected chi connectivity index (χ3v) is 6.61. The van der Waals surface area contributed by atoms with E-state index in [1.165, 1.54) is 30.3 Å². The Morgan fingerprint density at radius 1 is 0.763 bits per heavy atom. The SMILES string of the molecule is CCOc1ccc(-c2ccc(C(=O)OC3CCC(c4ccc(OCC)c(F)c4F)CC3)c(F)c2)c(F)c1F. The van der Waals surface area contributed by atoms with Gasteiger partial charge in [0.25, 0.3) is 0 Å².